The van der Waals surface area contributed by atoms with Gasteiger partial charge in [0.2, 0.25) is 5.91 Å². The van der Waals surface area contributed by atoms with Gasteiger partial charge < -0.3 is 10.3 Å². The van der Waals surface area contributed by atoms with Crippen molar-refractivity contribution in [3.05, 3.63) is 42.7 Å². The lowest BCUT2D eigenvalue weighted by molar-refractivity contribution is -0.118. The molecule has 0 atom stereocenters. The van der Waals surface area contributed by atoms with Crippen LogP contribution in [0.4, 0.5) is 0 Å². The molecule has 0 unspecified atom stereocenters. The van der Waals surface area contributed by atoms with Crippen molar-refractivity contribution in [2.45, 2.75) is 11.4 Å². The summed E-state index contributed by atoms with van der Waals surface area (Å²) in [6, 6.07) is 3.76. The van der Waals surface area contributed by atoms with Crippen LogP contribution in [0.2, 0.25) is 0 Å². The number of H-pyrrole nitrogens is 1. The fraction of sp³-hybridized carbons (Fsp3) is 0.182. The van der Waals surface area contributed by atoms with Crippen LogP contribution in [0.15, 0.2) is 41.8 Å². The van der Waals surface area contributed by atoms with E-state index in [-0.39, 0.29) is 5.91 Å². The molecule has 6 heteroatoms. The van der Waals surface area contributed by atoms with Gasteiger partial charge >= 0.3 is 0 Å². The van der Waals surface area contributed by atoms with Gasteiger partial charge in [-0.2, -0.15) is 0 Å². The van der Waals surface area contributed by atoms with Crippen molar-refractivity contribution >= 4 is 17.7 Å². The second-order valence-corrected chi connectivity index (χ2v) is 4.33. The Labute approximate surface area is 103 Å². The molecule has 0 aliphatic rings. The highest BCUT2D eigenvalue weighted by Gasteiger charge is 2.03. The predicted molar refractivity (Wildman–Crippen MR) is 65.4 cm³/mol. The molecule has 2 heterocycles. The van der Waals surface area contributed by atoms with Gasteiger partial charge in [-0.25, -0.2) is 4.98 Å². The Morgan fingerprint density at radius 3 is 2.88 bits per heavy atom. The molecule has 2 rings (SSSR count). The summed E-state index contributed by atoms with van der Waals surface area (Å²) >= 11 is 1.48. The molecule has 0 radical (unpaired) electrons. The summed E-state index contributed by atoms with van der Waals surface area (Å²) < 4.78 is 0. The van der Waals surface area contributed by atoms with E-state index < -0.39 is 0 Å². The topological polar surface area (TPSA) is 70.7 Å². The number of aromatic nitrogens is 3. The van der Waals surface area contributed by atoms with Crippen LogP contribution in [0.5, 0.6) is 0 Å². The Bertz CT molecular complexity index is 458. The molecule has 0 aliphatic heterocycles. The number of hydrogen-bond donors (Lipinski definition) is 2. The Morgan fingerprint density at radius 2 is 2.18 bits per heavy atom. The van der Waals surface area contributed by atoms with Gasteiger partial charge in [-0.05, 0) is 12.1 Å². The summed E-state index contributed by atoms with van der Waals surface area (Å²) in [6.07, 6.45) is 6.81. The number of imidazole rings is 1. The molecule has 17 heavy (non-hydrogen) atoms. The number of carbonyl (C=O) groups is 1. The van der Waals surface area contributed by atoms with Crippen LogP contribution in [0.25, 0.3) is 0 Å². The molecular formula is C11H12N4OS. The minimum Gasteiger partial charge on any atom is -0.348 e. The van der Waals surface area contributed by atoms with E-state index in [4.69, 9.17) is 0 Å². The van der Waals surface area contributed by atoms with Gasteiger partial charge in [0.25, 0.3) is 0 Å². The largest absolute Gasteiger partial charge is 0.348 e. The van der Waals surface area contributed by atoms with Crippen LogP contribution in [-0.4, -0.2) is 26.6 Å². The SMILES string of the molecule is O=C(CSc1ccncc1)NCc1ncc[nH]1. The maximum absolute atomic E-state index is 11.5. The normalized spacial score (nSPS) is 10.1. The second kappa shape index (κ2) is 6.05. The lowest BCUT2D eigenvalue weighted by Crippen LogP contribution is -2.25. The number of nitrogens with one attached hydrogen (secondary N) is 2. The van der Waals surface area contributed by atoms with Crippen LogP contribution < -0.4 is 5.32 Å². The van der Waals surface area contributed by atoms with E-state index in [0.29, 0.717) is 12.3 Å². The summed E-state index contributed by atoms with van der Waals surface area (Å²) in [5.74, 6) is 1.14. The molecule has 2 aromatic heterocycles. The maximum atomic E-state index is 11.5. The van der Waals surface area contributed by atoms with Crippen molar-refractivity contribution in [2.24, 2.45) is 0 Å². The molecule has 0 aromatic carbocycles. The predicted octanol–water partition coefficient (Wildman–Crippen LogP) is 1.21. The second-order valence-electron chi connectivity index (χ2n) is 3.28. The molecule has 0 saturated carbocycles. The van der Waals surface area contributed by atoms with Crippen molar-refractivity contribution in [2.75, 3.05) is 5.75 Å². The Morgan fingerprint density at radius 1 is 1.35 bits per heavy atom. The molecule has 2 N–H and O–H groups in total. The Kier molecular flexibility index (Phi) is 4.15. The number of pyridine rings is 1. The molecule has 0 bridgehead atoms. The van der Waals surface area contributed by atoms with Gasteiger partial charge in [-0.3, -0.25) is 9.78 Å². The first-order valence-corrected chi connectivity index (χ1v) is 6.11. The fourth-order valence-corrected chi connectivity index (χ4v) is 1.93. The van der Waals surface area contributed by atoms with Crippen LogP contribution in [0, 0.1) is 0 Å². The van der Waals surface area contributed by atoms with Crippen LogP contribution in [0.1, 0.15) is 5.82 Å². The first-order valence-electron chi connectivity index (χ1n) is 5.12. The van der Waals surface area contributed by atoms with E-state index in [1.54, 1.807) is 24.8 Å². The quantitative estimate of drug-likeness (QED) is 0.780. The molecule has 0 aliphatic carbocycles. The third-order valence-corrected chi connectivity index (χ3v) is 3.04. The highest BCUT2D eigenvalue weighted by molar-refractivity contribution is 8.00. The molecule has 0 fully saturated rings. The van der Waals surface area contributed by atoms with Crippen molar-refractivity contribution in [1.29, 1.82) is 0 Å². The first-order chi connectivity index (χ1) is 8.34. The number of rotatable bonds is 5. The minimum absolute atomic E-state index is 0.0109. The minimum atomic E-state index is -0.0109. The third kappa shape index (κ3) is 3.92. The maximum Gasteiger partial charge on any atom is 0.230 e. The van der Waals surface area contributed by atoms with E-state index in [1.807, 2.05) is 12.1 Å². The third-order valence-electron chi connectivity index (χ3n) is 2.03. The lowest BCUT2D eigenvalue weighted by Gasteiger charge is -2.03. The zero-order valence-corrected chi connectivity index (χ0v) is 9.91. The molecule has 88 valence electrons. The van der Waals surface area contributed by atoms with Gasteiger partial charge in [0.05, 0.1) is 12.3 Å². The molecule has 0 saturated heterocycles. The standard InChI is InChI=1S/C11H12N4OS/c16-11(15-7-10-13-5-6-14-10)8-17-9-1-3-12-4-2-9/h1-6H,7-8H2,(H,13,14)(H,15,16). The van der Waals surface area contributed by atoms with Gasteiger partial charge in [-0.15, -0.1) is 11.8 Å². The molecular weight excluding hydrogens is 236 g/mol. The zero-order chi connectivity index (χ0) is 11.9. The smallest absolute Gasteiger partial charge is 0.230 e. The number of amides is 1. The average molecular weight is 248 g/mol. The summed E-state index contributed by atoms with van der Waals surface area (Å²) in [7, 11) is 0. The lowest BCUT2D eigenvalue weighted by atomic mass is 10.5. The molecule has 1 amide bonds. The average Bonchev–Trinajstić information content (AvgIpc) is 2.88. The van der Waals surface area contributed by atoms with Gasteiger partial charge in [0.15, 0.2) is 0 Å². The number of nitrogens with zero attached hydrogens (tertiary/aromatic N) is 2. The monoisotopic (exact) mass is 248 g/mol. The number of aromatic amines is 1. The number of thioether (sulfide) groups is 1. The molecule has 2 aromatic rings. The highest BCUT2D eigenvalue weighted by Crippen LogP contribution is 2.15. The van der Waals surface area contributed by atoms with E-state index >= 15 is 0 Å². The van der Waals surface area contributed by atoms with Crippen molar-refractivity contribution in [3.63, 3.8) is 0 Å². The van der Waals surface area contributed by atoms with E-state index in [0.717, 1.165) is 10.7 Å². The van der Waals surface area contributed by atoms with Crippen LogP contribution >= 0.6 is 11.8 Å². The number of carbonyl (C=O) groups excluding carboxylic acids is 1. The number of hydrogen-bond acceptors (Lipinski definition) is 4. The van der Waals surface area contributed by atoms with Gasteiger partial charge in [0.1, 0.15) is 5.82 Å². The summed E-state index contributed by atoms with van der Waals surface area (Å²) in [5.41, 5.74) is 0. The van der Waals surface area contributed by atoms with Gasteiger partial charge in [-0.1, -0.05) is 0 Å². The van der Waals surface area contributed by atoms with Crippen molar-refractivity contribution in [3.8, 4) is 0 Å². The molecule has 0 spiro atoms. The van der Waals surface area contributed by atoms with Crippen LogP contribution in [-0.2, 0) is 11.3 Å². The summed E-state index contributed by atoms with van der Waals surface area (Å²) in [4.78, 5) is 23.4. The summed E-state index contributed by atoms with van der Waals surface area (Å²) in [5, 5.41) is 2.79. The molecule has 5 nitrogen and oxygen atoms in total. The highest BCUT2D eigenvalue weighted by atomic mass is 32.2. The first kappa shape index (κ1) is 11.7. The van der Waals surface area contributed by atoms with Crippen LogP contribution in [0.3, 0.4) is 0 Å². The van der Waals surface area contributed by atoms with E-state index in [2.05, 4.69) is 20.3 Å². The van der Waals surface area contributed by atoms with E-state index in [1.165, 1.54) is 11.8 Å². The van der Waals surface area contributed by atoms with Crippen molar-refractivity contribution < 1.29 is 4.79 Å². The van der Waals surface area contributed by atoms with E-state index in [9.17, 15) is 4.79 Å². The Balaban J connectivity index is 1.71. The van der Waals surface area contributed by atoms with Gasteiger partial charge in [0, 0.05) is 29.7 Å². The Hall–Kier alpha value is -1.82. The van der Waals surface area contributed by atoms with Crippen molar-refractivity contribution in [1.82, 2.24) is 20.3 Å². The summed E-state index contributed by atoms with van der Waals surface area (Å²) in [6.45, 7) is 0.433. The fourth-order valence-electron chi connectivity index (χ4n) is 1.21. The zero-order valence-electron chi connectivity index (χ0n) is 9.09.